The van der Waals surface area contributed by atoms with E-state index in [2.05, 4.69) is 15.3 Å². The van der Waals surface area contributed by atoms with Crippen LogP contribution in [0.3, 0.4) is 0 Å². The van der Waals surface area contributed by atoms with E-state index in [-0.39, 0.29) is 11.1 Å². The zero-order valence-electron chi connectivity index (χ0n) is 13.7. The van der Waals surface area contributed by atoms with Crippen LogP contribution in [0.15, 0.2) is 65.6 Å². The summed E-state index contributed by atoms with van der Waals surface area (Å²) in [4.78, 5) is 33.4. The van der Waals surface area contributed by atoms with Crippen molar-refractivity contribution in [2.75, 3.05) is 0 Å². The molecule has 8 heteroatoms. The maximum Gasteiger partial charge on any atom is 0.271 e. The number of thiazole rings is 1. The molecule has 3 heterocycles. The first-order valence-electron chi connectivity index (χ1n) is 7.97. The molecule has 1 N–H and O–H groups in total. The molecular formula is C18H15N5O2S. The van der Waals surface area contributed by atoms with Crippen molar-refractivity contribution in [3.63, 3.8) is 0 Å². The summed E-state index contributed by atoms with van der Waals surface area (Å²) in [7, 11) is 0. The lowest BCUT2D eigenvalue weighted by Crippen LogP contribution is -2.30. The Morgan fingerprint density at radius 3 is 2.96 bits per heavy atom. The van der Waals surface area contributed by atoms with Gasteiger partial charge in [-0.05, 0) is 11.1 Å². The minimum absolute atomic E-state index is 0.0375. The lowest BCUT2D eigenvalue weighted by Gasteiger charge is -2.08. The van der Waals surface area contributed by atoms with Crippen molar-refractivity contribution in [3.8, 4) is 0 Å². The van der Waals surface area contributed by atoms with E-state index in [9.17, 15) is 9.59 Å². The van der Waals surface area contributed by atoms with E-state index >= 15 is 0 Å². The van der Waals surface area contributed by atoms with Crippen LogP contribution in [0.5, 0.6) is 0 Å². The van der Waals surface area contributed by atoms with E-state index in [4.69, 9.17) is 0 Å². The molecule has 0 saturated carbocycles. The Labute approximate surface area is 152 Å². The molecular weight excluding hydrogens is 350 g/mol. The van der Waals surface area contributed by atoms with Crippen molar-refractivity contribution in [2.24, 2.45) is 0 Å². The predicted molar refractivity (Wildman–Crippen MR) is 98.3 cm³/mol. The van der Waals surface area contributed by atoms with Crippen LogP contribution in [0.1, 0.15) is 21.5 Å². The second-order valence-corrected chi connectivity index (χ2v) is 6.64. The van der Waals surface area contributed by atoms with Gasteiger partial charge in [-0.1, -0.05) is 24.3 Å². The monoisotopic (exact) mass is 365 g/mol. The number of hydrogen-bond donors (Lipinski definition) is 1. The minimum atomic E-state index is -0.428. The number of nitrogens with one attached hydrogen (secondary N) is 1. The molecule has 0 radical (unpaired) electrons. The number of carbonyl (C=O) groups is 1. The van der Waals surface area contributed by atoms with Gasteiger partial charge in [0.25, 0.3) is 11.5 Å². The van der Waals surface area contributed by atoms with Gasteiger partial charge >= 0.3 is 0 Å². The van der Waals surface area contributed by atoms with Crippen molar-refractivity contribution < 1.29 is 4.79 Å². The number of rotatable bonds is 5. The number of carbonyl (C=O) groups excluding carboxylic acids is 1. The first-order valence-corrected chi connectivity index (χ1v) is 8.85. The molecule has 4 aromatic rings. The van der Waals surface area contributed by atoms with E-state index in [1.54, 1.807) is 24.1 Å². The van der Waals surface area contributed by atoms with Gasteiger partial charge in [0.2, 0.25) is 0 Å². The summed E-state index contributed by atoms with van der Waals surface area (Å²) in [6.07, 6.45) is 8.34. The molecule has 0 aliphatic heterocycles. The molecule has 3 aromatic heterocycles. The average molecular weight is 365 g/mol. The molecule has 0 unspecified atom stereocenters. The highest BCUT2D eigenvalue weighted by Gasteiger charge is 2.13. The molecule has 0 aliphatic rings. The van der Waals surface area contributed by atoms with E-state index < -0.39 is 5.91 Å². The fraction of sp³-hybridized carbons (Fsp3) is 0.111. The summed E-state index contributed by atoms with van der Waals surface area (Å²) in [5.41, 5.74) is 1.75. The fourth-order valence-corrected chi connectivity index (χ4v) is 3.36. The van der Waals surface area contributed by atoms with Gasteiger partial charge in [0.1, 0.15) is 5.56 Å². The summed E-state index contributed by atoms with van der Waals surface area (Å²) in [5, 5.41) is 4.55. The molecule has 0 spiro atoms. The Morgan fingerprint density at radius 1 is 1.23 bits per heavy atom. The van der Waals surface area contributed by atoms with Crippen molar-refractivity contribution >= 4 is 22.2 Å². The van der Waals surface area contributed by atoms with Crippen molar-refractivity contribution in [1.82, 2.24) is 24.3 Å². The van der Waals surface area contributed by atoms with Gasteiger partial charge in [0.05, 0.1) is 6.33 Å². The van der Waals surface area contributed by atoms with E-state index in [0.29, 0.717) is 18.1 Å². The highest BCUT2D eigenvalue weighted by atomic mass is 32.1. The molecule has 130 valence electrons. The largest absolute Gasteiger partial charge is 0.348 e. The maximum atomic E-state index is 12.4. The van der Waals surface area contributed by atoms with Gasteiger partial charge < -0.3 is 9.88 Å². The average Bonchev–Trinajstić information content (AvgIpc) is 3.32. The van der Waals surface area contributed by atoms with Crippen LogP contribution in [0.25, 0.3) is 4.96 Å². The van der Waals surface area contributed by atoms with E-state index in [1.807, 2.05) is 35.0 Å². The SMILES string of the molecule is O=C(NCc1cccc(Cn2ccnc2)c1)c1cnc2sccn2c1=O. The number of fused-ring (bicyclic) bond motifs is 1. The molecule has 1 aromatic carbocycles. The molecule has 0 fully saturated rings. The summed E-state index contributed by atoms with van der Waals surface area (Å²) in [5.74, 6) is -0.428. The standard InChI is InChI=1S/C18H15N5O2S/c24-16(15-10-21-18-23(17(15)25)6-7-26-18)20-9-13-2-1-3-14(8-13)11-22-5-4-19-12-22/h1-8,10,12H,9,11H2,(H,20,24). The first kappa shape index (κ1) is 16.2. The van der Waals surface area contributed by atoms with Gasteiger partial charge in [-0.2, -0.15) is 0 Å². The van der Waals surface area contributed by atoms with E-state index in [1.165, 1.54) is 21.9 Å². The van der Waals surface area contributed by atoms with Crippen molar-refractivity contribution in [3.05, 3.63) is 87.8 Å². The van der Waals surface area contributed by atoms with Crippen LogP contribution in [-0.2, 0) is 13.1 Å². The summed E-state index contributed by atoms with van der Waals surface area (Å²) in [6, 6.07) is 7.92. The van der Waals surface area contributed by atoms with E-state index in [0.717, 1.165) is 11.1 Å². The number of benzene rings is 1. The third-order valence-electron chi connectivity index (χ3n) is 3.96. The van der Waals surface area contributed by atoms with Gasteiger partial charge in [0, 0.05) is 43.3 Å². The quantitative estimate of drug-likeness (QED) is 0.586. The second-order valence-electron chi connectivity index (χ2n) is 5.77. The van der Waals surface area contributed by atoms with Gasteiger partial charge in [-0.15, -0.1) is 11.3 Å². The van der Waals surface area contributed by atoms with Crippen molar-refractivity contribution in [2.45, 2.75) is 13.1 Å². The lowest BCUT2D eigenvalue weighted by atomic mass is 10.1. The van der Waals surface area contributed by atoms with Crippen LogP contribution in [-0.4, -0.2) is 24.8 Å². The third-order valence-corrected chi connectivity index (χ3v) is 4.73. The molecule has 4 rings (SSSR count). The zero-order chi connectivity index (χ0) is 17.9. The number of nitrogens with zero attached hydrogens (tertiary/aromatic N) is 4. The van der Waals surface area contributed by atoms with Crippen LogP contribution in [0, 0.1) is 0 Å². The summed E-state index contributed by atoms with van der Waals surface area (Å²) >= 11 is 1.35. The summed E-state index contributed by atoms with van der Waals surface area (Å²) in [6.45, 7) is 1.05. The van der Waals surface area contributed by atoms with Crippen LogP contribution < -0.4 is 10.9 Å². The maximum absolute atomic E-state index is 12.4. The van der Waals surface area contributed by atoms with Crippen LogP contribution in [0.2, 0.25) is 0 Å². The minimum Gasteiger partial charge on any atom is -0.348 e. The molecule has 7 nitrogen and oxygen atoms in total. The molecule has 0 bridgehead atoms. The number of imidazole rings is 1. The van der Waals surface area contributed by atoms with Crippen molar-refractivity contribution in [1.29, 1.82) is 0 Å². The topological polar surface area (TPSA) is 81.3 Å². The number of hydrogen-bond acceptors (Lipinski definition) is 5. The first-order chi connectivity index (χ1) is 12.7. The fourth-order valence-electron chi connectivity index (χ4n) is 2.69. The number of aromatic nitrogens is 4. The van der Waals surface area contributed by atoms with Gasteiger partial charge in [0.15, 0.2) is 4.96 Å². The lowest BCUT2D eigenvalue weighted by molar-refractivity contribution is 0.0949. The highest BCUT2D eigenvalue weighted by molar-refractivity contribution is 7.15. The predicted octanol–water partition coefficient (Wildman–Crippen LogP) is 1.93. The number of amides is 1. The summed E-state index contributed by atoms with van der Waals surface area (Å²) < 4.78 is 3.35. The second kappa shape index (κ2) is 6.93. The zero-order valence-corrected chi connectivity index (χ0v) is 14.5. The molecule has 1 amide bonds. The Morgan fingerprint density at radius 2 is 2.12 bits per heavy atom. The Bertz CT molecular complexity index is 1110. The highest BCUT2D eigenvalue weighted by Crippen LogP contribution is 2.08. The molecule has 0 atom stereocenters. The molecule has 26 heavy (non-hydrogen) atoms. The Hall–Kier alpha value is -3.26. The molecule has 0 saturated heterocycles. The smallest absolute Gasteiger partial charge is 0.271 e. The normalized spacial score (nSPS) is 10.9. The van der Waals surface area contributed by atoms with Gasteiger partial charge in [-0.3, -0.25) is 14.0 Å². The Balaban J connectivity index is 1.47. The van der Waals surface area contributed by atoms with Crippen LogP contribution >= 0.6 is 11.3 Å². The molecule has 0 aliphatic carbocycles. The van der Waals surface area contributed by atoms with Crippen LogP contribution in [0.4, 0.5) is 0 Å². The van der Waals surface area contributed by atoms with Gasteiger partial charge in [-0.25, -0.2) is 9.97 Å². The third kappa shape index (κ3) is 3.27. The Kier molecular flexibility index (Phi) is 4.32.